The molecule has 1 atom stereocenters. The molecule has 3 heteroatoms. The molecule has 0 heterocycles. The lowest BCUT2D eigenvalue weighted by atomic mass is 9.84. The van der Waals surface area contributed by atoms with Gasteiger partial charge in [0.2, 0.25) is 0 Å². The summed E-state index contributed by atoms with van der Waals surface area (Å²) >= 11 is 8.07. The van der Waals surface area contributed by atoms with E-state index >= 15 is 0 Å². The van der Waals surface area contributed by atoms with Gasteiger partial charge in [-0.2, -0.15) is 0 Å². The Morgan fingerprint density at radius 3 is 2.67 bits per heavy atom. The van der Waals surface area contributed by atoms with Gasteiger partial charge in [-0.25, -0.2) is 0 Å². The predicted molar refractivity (Wildman–Crippen MR) is 81.6 cm³/mol. The zero-order valence-electron chi connectivity index (χ0n) is 11.0. The molecule has 0 aromatic heterocycles. The highest BCUT2D eigenvalue weighted by atomic mass is 35.5. The molecule has 0 spiro atoms. The van der Waals surface area contributed by atoms with Crippen molar-refractivity contribution in [3.8, 4) is 0 Å². The van der Waals surface area contributed by atoms with E-state index in [4.69, 9.17) is 11.6 Å². The van der Waals surface area contributed by atoms with Gasteiger partial charge in [0.15, 0.2) is 0 Å². The fourth-order valence-electron chi connectivity index (χ4n) is 2.73. The van der Waals surface area contributed by atoms with Crippen molar-refractivity contribution in [1.29, 1.82) is 0 Å². The van der Waals surface area contributed by atoms with E-state index in [9.17, 15) is 0 Å². The minimum atomic E-state index is 0.617. The first-order chi connectivity index (χ1) is 8.81. The second-order valence-electron chi connectivity index (χ2n) is 5.03. The first-order valence-electron chi connectivity index (χ1n) is 6.86. The molecule has 1 aliphatic rings. The summed E-state index contributed by atoms with van der Waals surface area (Å²) in [7, 11) is 2.09. The molecule has 0 aliphatic heterocycles. The van der Waals surface area contributed by atoms with Crippen LogP contribution in [0.1, 0.15) is 32.1 Å². The SMILES string of the molecule is CNC(CSc1ccccc1Cl)C1CCCCC1. The average molecular weight is 284 g/mol. The molecule has 18 heavy (non-hydrogen) atoms. The van der Waals surface area contributed by atoms with Gasteiger partial charge in [-0.05, 0) is 37.9 Å². The van der Waals surface area contributed by atoms with Crippen LogP contribution in [0.15, 0.2) is 29.2 Å². The minimum absolute atomic E-state index is 0.617. The lowest BCUT2D eigenvalue weighted by Crippen LogP contribution is -2.36. The molecule has 2 rings (SSSR count). The maximum atomic E-state index is 6.20. The maximum Gasteiger partial charge on any atom is 0.0541 e. The summed E-state index contributed by atoms with van der Waals surface area (Å²) in [6, 6.07) is 8.75. The van der Waals surface area contributed by atoms with E-state index in [0.29, 0.717) is 6.04 Å². The monoisotopic (exact) mass is 283 g/mol. The first kappa shape index (κ1) is 14.2. The van der Waals surface area contributed by atoms with Crippen molar-refractivity contribution >= 4 is 23.4 Å². The molecular weight excluding hydrogens is 262 g/mol. The van der Waals surface area contributed by atoms with Crippen LogP contribution >= 0.6 is 23.4 Å². The van der Waals surface area contributed by atoms with E-state index in [1.807, 2.05) is 23.9 Å². The zero-order chi connectivity index (χ0) is 12.8. The van der Waals surface area contributed by atoms with Gasteiger partial charge in [0, 0.05) is 16.7 Å². The van der Waals surface area contributed by atoms with E-state index in [-0.39, 0.29) is 0 Å². The molecule has 1 saturated carbocycles. The Morgan fingerprint density at radius 2 is 2.00 bits per heavy atom. The molecule has 1 aliphatic carbocycles. The van der Waals surface area contributed by atoms with Crippen molar-refractivity contribution < 1.29 is 0 Å². The van der Waals surface area contributed by atoms with Gasteiger partial charge in [-0.1, -0.05) is 43.0 Å². The van der Waals surface area contributed by atoms with Gasteiger partial charge < -0.3 is 5.32 Å². The molecular formula is C15H22ClNS. The molecule has 1 aromatic carbocycles. The Labute approximate surface area is 120 Å². The van der Waals surface area contributed by atoms with Gasteiger partial charge in [0.1, 0.15) is 0 Å². The molecule has 0 bridgehead atoms. The standard InChI is InChI=1S/C15H22ClNS/c1-17-14(12-7-3-2-4-8-12)11-18-15-10-6-5-9-13(15)16/h5-6,9-10,12,14,17H,2-4,7-8,11H2,1H3. The molecule has 1 aromatic rings. The molecule has 0 saturated heterocycles. The van der Waals surface area contributed by atoms with Gasteiger partial charge >= 0.3 is 0 Å². The highest BCUT2D eigenvalue weighted by molar-refractivity contribution is 7.99. The molecule has 1 nitrogen and oxygen atoms in total. The van der Waals surface area contributed by atoms with E-state index in [0.717, 1.165) is 16.7 Å². The fourth-order valence-corrected chi connectivity index (χ4v) is 4.21. The summed E-state index contributed by atoms with van der Waals surface area (Å²) in [5, 5.41) is 4.37. The van der Waals surface area contributed by atoms with Gasteiger partial charge in [-0.15, -0.1) is 11.8 Å². The van der Waals surface area contributed by atoms with Crippen LogP contribution in [-0.4, -0.2) is 18.8 Å². The van der Waals surface area contributed by atoms with Crippen LogP contribution in [0.5, 0.6) is 0 Å². The normalized spacial score (nSPS) is 18.8. The van der Waals surface area contributed by atoms with E-state index < -0.39 is 0 Å². The average Bonchev–Trinajstić information content (AvgIpc) is 2.42. The smallest absolute Gasteiger partial charge is 0.0541 e. The first-order valence-corrected chi connectivity index (χ1v) is 8.22. The summed E-state index contributed by atoms with van der Waals surface area (Å²) < 4.78 is 0. The van der Waals surface area contributed by atoms with Crippen molar-refractivity contribution in [3.05, 3.63) is 29.3 Å². The summed E-state index contributed by atoms with van der Waals surface area (Å²) in [6.45, 7) is 0. The zero-order valence-corrected chi connectivity index (χ0v) is 12.6. The van der Waals surface area contributed by atoms with Gasteiger partial charge in [0.25, 0.3) is 0 Å². The molecule has 0 amide bonds. The summed E-state index contributed by atoms with van der Waals surface area (Å²) in [5.74, 6) is 1.96. The quantitative estimate of drug-likeness (QED) is 0.793. The highest BCUT2D eigenvalue weighted by Crippen LogP contribution is 2.31. The number of hydrogen-bond donors (Lipinski definition) is 1. The van der Waals surface area contributed by atoms with Crippen LogP contribution in [0.4, 0.5) is 0 Å². The summed E-state index contributed by atoms with van der Waals surface area (Å²) in [6.07, 6.45) is 6.99. The summed E-state index contributed by atoms with van der Waals surface area (Å²) in [4.78, 5) is 1.20. The summed E-state index contributed by atoms with van der Waals surface area (Å²) in [5.41, 5.74) is 0. The van der Waals surface area contributed by atoms with Gasteiger partial charge in [0.05, 0.1) is 5.02 Å². The second kappa shape index (κ2) is 7.42. The van der Waals surface area contributed by atoms with Crippen molar-refractivity contribution in [1.82, 2.24) is 5.32 Å². The minimum Gasteiger partial charge on any atom is -0.316 e. The number of hydrogen-bond acceptors (Lipinski definition) is 2. The molecule has 1 fully saturated rings. The number of benzene rings is 1. The second-order valence-corrected chi connectivity index (χ2v) is 6.50. The molecule has 1 N–H and O–H groups in total. The Kier molecular flexibility index (Phi) is 5.87. The molecule has 100 valence electrons. The van der Waals surface area contributed by atoms with Crippen LogP contribution in [-0.2, 0) is 0 Å². The lowest BCUT2D eigenvalue weighted by Gasteiger charge is -2.29. The Hall–Kier alpha value is -0.180. The van der Waals surface area contributed by atoms with E-state index in [1.54, 1.807) is 0 Å². The van der Waals surface area contributed by atoms with Crippen LogP contribution in [0.2, 0.25) is 5.02 Å². The van der Waals surface area contributed by atoms with E-state index in [1.165, 1.54) is 37.0 Å². The third kappa shape index (κ3) is 3.91. The van der Waals surface area contributed by atoms with Crippen molar-refractivity contribution in [3.63, 3.8) is 0 Å². The van der Waals surface area contributed by atoms with Gasteiger partial charge in [-0.3, -0.25) is 0 Å². The predicted octanol–water partition coefficient (Wildman–Crippen LogP) is 4.60. The van der Waals surface area contributed by atoms with Crippen LogP contribution in [0.25, 0.3) is 0 Å². The van der Waals surface area contributed by atoms with Crippen LogP contribution in [0, 0.1) is 5.92 Å². The highest BCUT2D eigenvalue weighted by Gasteiger charge is 2.22. The molecule has 1 unspecified atom stereocenters. The van der Waals surface area contributed by atoms with Crippen LogP contribution < -0.4 is 5.32 Å². The fraction of sp³-hybridized carbons (Fsp3) is 0.600. The van der Waals surface area contributed by atoms with Crippen molar-refractivity contribution in [2.24, 2.45) is 5.92 Å². The largest absolute Gasteiger partial charge is 0.316 e. The maximum absolute atomic E-state index is 6.20. The lowest BCUT2D eigenvalue weighted by molar-refractivity contribution is 0.294. The Morgan fingerprint density at radius 1 is 1.28 bits per heavy atom. The Bertz CT molecular complexity index is 363. The number of halogens is 1. The third-order valence-corrected chi connectivity index (χ3v) is 5.48. The topological polar surface area (TPSA) is 12.0 Å². The Balaban J connectivity index is 1.88. The van der Waals surface area contributed by atoms with Crippen LogP contribution in [0.3, 0.4) is 0 Å². The number of thioether (sulfide) groups is 1. The van der Waals surface area contributed by atoms with E-state index in [2.05, 4.69) is 24.5 Å². The van der Waals surface area contributed by atoms with Crippen molar-refractivity contribution in [2.75, 3.05) is 12.8 Å². The number of rotatable bonds is 5. The number of nitrogens with one attached hydrogen (secondary N) is 1. The molecule has 0 radical (unpaired) electrons. The third-order valence-electron chi connectivity index (χ3n) is 3.84. The van der Waals surface area contributed by atoms with Crippen molar-refractivity contribution in [2.45, 2.75) is 43.0 Å².